The van der Waals surface area contributed by atoms with Gasteiger partial charge in [0.2, 0.25) is 23.7 Å². The molecule has 7 N–H and O–H groups in total. The van der Waals surface area contributed by atoms with E-state index in [1.807, 2.05) is 45.0 Å². The molecule has 2 aliphatic carbocycles. The molecule has 3 aliphatic rings. The zero-order chi connectivity index (χ0) is 49.5. The number of β-amino-alcohol motifs (C(OH)–C–C–N with tert-alkyl or cyclic N) is 1. The molecule has 69 heavy (non-hydrogen) atoms. The number of nitrogens with one attached hydrogen (secondary N) is 6. The van der Waals surface area contributed by atoms with E-state index < -0.39 is 46.3 Å². The summed E-state index contributed by atoms with van der Waals surface area (Å²) in [5.41, 5.74) is 3.49. The number of aliphatic hydroxyl groups excluding tert-OH is 1. The van der Waals surface area contributed by atoms with E-state index in [9.17, 15) is 29.1 Å². The summed E-state index contributed by atoms with van der Waals surface area (Å²) in [5, 5.41) is 28.5. The lowest BCUT2D eigenvalue weighted by molar-refractivity contribution is -0.143. The second kappa shape index (κ2) is 22.5. The first-order valence-electron chi connectivity index (χ1n) is 23.1. The van der Waals surface area contributed by atoms with Crippen molar-refractivity contribution in [2.45, 2.75) is 101 Å². The molecule has 0 radical (unpaired) electrons. The summed E-state index contributed by atoms with van der Waals surface area (Å²) in [6, 6.07) is 10.5. The Morgan fingerprint density at radius 1 is 1.01 bits per heavy atom. The van der Waals surface area contributed by atoms with Crippen molar-refractivity contribution in [3.05, 3.63) is 76.0 Å². The maximum Gasteiger partial charge on any atom is 0.258 e. The van der Waals surface area contributed by atoms with Crippen LogP contribution in [0, 0.1) is 18.8 Å². The number of methoxy groups -OCH3 is 1. The number of hydrogen-bond donors (Lipinski definition) is 7. The summed E-state index contributed by atoms with van der Waals surface area (Å²) >= 11 is 9.14. The monoisotopic (exact) mass is 1010 g/mol. The highest BCUT2D eigenvalue weighted by atomic mass is 35.5. The van der Waals surface area contributed by atoms with Gasteiger partial charge in [0.05, 0.1) is 41.2 Å². The molecule has 2 saturated carbocycles. The van der Waals surface area contributed by atoms with Crippen molar-refractivity contribution in [1.29, 1.82) is 0 Å². The van der Waals surface area contributed by atoms with Crippen LogP contribution in [0.1, 0.15) is 80.4 Å². The maximum atomic E-state index is 15.1. The Morgan fingerprint density at radius 2 is 1.74 bits per heavy atom. The molecule has 1 saturated heterocycles. The van der Waals surface area contributed by atoms with E-state index in [2.05, 4.69) is 46.9 Å². The minimum absolute atomic E-state index is 0.0261. The zero-order valence-electron chi connectivity index (χ0n) is 39.3. The van der Waals surface area contributed by atoms with E-state index in [0.717, 1.165) is 34.5 Å². The Bertz CT molecular complexity index is 2500. The Kier molecular flexibility index (Phi) is 16.7. The first kappa shape index (κ1) is 51.3. The highest BCUT2D eigenvalue weighted by Gasteiger charge is 2.54. The fourth-order valence-electron chi connectivity index (χ4n) is 8.54. The number of anilines is 3. The molecular weight excluding hydrogens is 947 g/mol. The fraction of sp³-hybridized carbons (Fsp3) is 0.500. The van der Waals surface area contributed by atoms with E-state index >= 15 is 4.39 Å². The predicted octanol–water partition coefficient (Wildman–Crippen LogP) is 5.79. The molecule has 4 aromatic rings. The van der Waals surface area contributed by atoms with Crippen LogP contribution in [0.25, 0.3) is 10.4 Å². The van der Waals surface area contributed by atoms with Crippen molar-refractivity contribution in [1.82, 2.24) is 41.1 Å². The number of aryl methyl sites for hydroxylation is 1. The number of carbonyl (C=O) groups excluding carboxylic acids is 5. The van der Waals surface area contributed by atoms with E-state index in [4.69, 9.17) is 16.3 Å². The van der Waals surface area contributed by atoms with Crippen LogP contribution in [0.2, 0.25) is 5.02 Å². The summed E-state index contributed by atoms with van der Waals surface area (Å²) in [4.78, 5) is 82.7. The van der Waals surface area contributed by atoms with Gasteiger partial charge in [0.1, 0.15) is 28.7 Å². The molecular formula is C48H60ClFN10O7S2. The molecule has 0 bridgehead atoms. The third-order valence-corrected chi connectivity index (χ3v) is 15.8. The number of likely N-dealkylation sites (tertiary alicyclic amines) is 1. The third kappa shape index (κ3) is 12.8. The number of alkyl halides is 1. The lowest BCUT2D eigenvalue weighted by Gasteiger charge is -2.38. The third-order valence-electron chi connectivity index (χ3n) is 12.9. The second-order valence-electron chi connectivity index (χ2n) is 18.3. The van der Waals surface area contributed by atoms with Gasteiger partial charge in [-0.25, -0.2) is 14.4 Å². The lowest BCUT2D eigenvalue weighted by Crippen LogP contribution is -2.61. The average Bonchev–Trinajstić information content (AvgIpc) is 3.76. The molecule has 3 fully saturated rings. The number of aromatic nitrogens is 3. The zero-order valence-corrected chi connectivity index (χ0v) is 41.7. The van der Waals surface area contributed by atoms with Crippen molar-refractivity contribution < 1.29 is 38.2 Å². The van der Waals surface area contributed by atoms with E-state index in [0.29, 0.717) is 46.4 Å². The van der Waals surface area contributed by atoms with Crippen molar-refractivity contribution in [3.8, 4) is 16.2 Å². The minimum atomic E-state index is -2.04. The summed E-state index contributed by atoms with van der Waals surface area (Å²) in [5.74, 6) is -0.480. The Hall–Kier alpha value is -5.57. The van der Waals surface area contributed by atoms with E-state index in [-0.39, 0.29) is 75.0 Å². The Balaban J connectivity index is 0.872. The van der Waals surface area contributed by atoms with Crippen molar-refractivity contribution >= 4 is 81.7 Å². The topological polar surface area (TPSA) is 229 Å². The molecule has 0 spiro atoms. The quantitative estimate of drug-likeness (QED) is 0.0522. The fourth-order valence-corrected chi connectivity index (χ4v) is 10.9. The van der Waals surface area contributed by atoms with Crippen molar-refractivity contribution in [3.63, 3.8) is 0 Å². The van der Waals surface area contributed by atoms with Gasteiger partial charge < -0.3 is 46.6 Å². The summed E-state index contributed by atoms with van der Waals surface area (Å²) < 4.78 is 19.7. The van der Waals surface area contributed by atoms with Crippen LogP contribution in [0.5, 0.6) is 5.75 Å². The van der Waals surface area contributed by atoms with Crippen LogP contribution in [0.4, 0.5) is 21.8 Å². The summed E-state index contributed by atoms with van der Waals surface area (Å²) in [6.45, 7) is 6.17. The van der Waals surface area contributed by atoms with Gasteiger partial charge in [-0.15, -0.1) is 11.3 Å². The summed E-state index contributed by atoms with van der Waals surface area (Å²) in [6.07, 6.45) is 3.51. The van der Waals surface area contributed by atoms with Gasteiger partial charge in [0.25, 0.3) is 11.8 Å². The Labute approximate surface area is 414 Å². The number of hydrogen-bond acceptors (Lipinski definition) is 14. The van der Waals surface area contributed by atoms with Crippen molar-refractivity contribution in [2.24, 2.45) is 11.8 Å². The van der Waals surface area contributed by atoms with Crippen LogP contribution in [-0.2, 0) is 25.7 Å². The van der Waals surface area contributed by atoms with Gasteiger partial charge in [0.15, 0.2) is 5.67 Å². The molecule has 1 unspecified atom stereocenters. The number of rotatable bonds is 20. The molecule has 3 atom stereocenters. The predicted molar refractivity (Wildman–Crippen MR) is 265 cm³/mol. The van der Waals surface area contributed by atoms with E-state index in [1.54, 1.807) is 42.1 Å². The number of benzene rings is 2. The Morgan fingerprint density at radius 3 is 2.41 bits per heavy atom. The normalized spacial score (nSPS) is 20.0. The smallest absolute Gasteiger partial charge is 0.258 e. The van der Waals surface area contributed by atoms with Gasteiger partial charge in [-0.1, -0.05) is 35.9 Å². The minimum Gasteiger partial charge on any atom is -0.495 e. The second-order valence-corrected chi connectivity index (χ2v) is 21.2. The van der Waals surface area contributed by atoms with Gasteiger partial charge >= 0.3 is 0 Å². The number of nitrogens with zero attached hydrogens (tertiary/aromatic N) is 4. The summed E-state index contributed by atoms with van der Waals surface area (Å²) in [7, 11) is 3.18. The first-order chi connectivity index (χ1) is 33.0. The number of halogens is 2. The number of aliphatic hydroxyl groups is 1. The molecule has 17 nitrogen and oxygen atoms in total. The number of carbonyl (C=O) groups is 5. The molecule has 3 heterocycles. The van der Waals surface area contributed by atoms with Gasteiger partial charge in [-0.3, -0.25) is 24.0 Å². The van der Waals surface area contributed by atoms with Crippen LogP contribution >= 0.6 is 34.7 Å². The maximum absolute atomic E-state index is 15.1. The molecule has 21 heteroatoms. The molecule has 5 amide bonds. The lowest BCUT2D eigenvalue weighted by atomic mass is 9.82. The van der Waals surface area contributed by atoms with Gasteiger partial charge in [0, 0.05) is 55.9 Å². The van der Waals surface area contributed by atoms with Crippen LogP contribution in [0.3, 0.4) is 0 Å². The molecule has 2 aromatic heterocycles. The van der Waals surface area contributed by atoms with E-state index in [1.165, 1.54) is 30.0 Å². The number of amides is 5. The number of ether oxygens (including phenoxy) is 1. The van der Waals surface area contributed by atoms with Crippen LogP contribution in [-0.4, -0.2) is 123 Å². The largest absolute Gasteiger partial charge is 0.495 e. The standard InChI is InChI=1S/C48H60ClFN10O7S2/c1-27-38(68-26-56-27)30-10-6-28(7-11-30)22-54-43(64)36-21-33(61)24-60(36)44(65)39(58-45(66)48(50)16-17-48)47(2,3)69-25-29-8-12-31(13-9-29)41(62)52-18-19-53-42(63)32-14-15-35(37(20-32)67-5)57-46-55-23-34(49)40(51-4)59-46/h6-7,10-11,14-15,20,23,26,29,31,33,36,39,61H,8-9,12-13,16-19,21-22,24-25H2,1-5H3,(H,52,62)(H,53,63)(H,54,64)(H,58,66)(H2,51,55,57,59)/t29-,31-,33-,36?,39-/m1/s1. The molecule has 2 aromatic carbocycles. The van der Waals surface area contributed by atoms with Crippen molar-refractivity contribution in [2.75, 3.05) is 50.2 Å². The van der Waals surface area contributed by atoms with Crippen LogP contribution in [0.15, 0.2) is 54.2 Å². The molecule has 1 aliphatic heterocycles. The SMILES string of the molecule is CNc1nc(Nc2ccc(C(=O)NCCNC(=O)[C@H]3CC[C@H](CSC(C)(C)[C@H](NC(=O)C4(F)CC4)C(=O)N4C[C@H](O)CC4C(=O)NCc4ccc(-c5scnc5C)cc4)CC3)cc2OC)ncc1Cl. The highest BCUT2D eigenvalue weighted by Crippen LogP contribution is 2.42. The average molecular weight is 1010 g/mol. The molecule has 7 rings (SSSR count). The molecule has 370 valence electrons. The number of thioether (sulfide) groups is 1. The van der Waals surface area contributed by atoms with Crippen LogP contribution < -0.4 is 36.6 Å². The highest BCUT2D eigenvalue weighted by molar-refractivity contribution is 8.00. The van der Waals surface area contributed by atoms with Gasteiger partial charge in [-0.2, -0.15) is 16.7 Å². The number of thiazole rings is 1. The van der Waals surface area contributed by atoms with Gasteiger partial charge in [-0.05, 0) is 100 Å². The first-order valence-corrected chi connectivity index (χ1v) is 25.3.